The molecule has 0 radical (unpaired) electrons. The van der Waals surface area contributed by atoms with Gasteiger partial charge in [0.1, 0.15) is 5.82 Å². The fourth-order valence-electron chi connectivity index (χ4n) is 1.11. The molecule has 0 aliphatic rings. The van der Waals surface area contributed by atoms with Crippen LogP contribution in [-0.2, 0) is 13.0 Å². The van der Waals surface area contributed by atoms with Crippen LogP contribution in [0.2, 0.25) is 0 Å². The Hall–Kier alpha value is -0.990. The molecule has 1 heterocycles. The molecule has 0 aliphatic heterocycles. The summed E-state index contributed by atoms with van der Waals surface area (Å²) in [4.78, 5) is 4.21. The fraction of sp³-hybridized carbons (Fsp3) is 0.625. The Bertz CT molecular complexity index is 227. The van der Waals surface area contributed by atoms with Gasteiger partial charge in [0, 0.05) is 6.54 Å². The molecule has 3 nitrogen and oxygen atoms in total. The van der Waals surface area contributed by atoms with Crippen LogP contribution in [0.3, 0.4) is 0 Å². The average molecular weight is 153 g/mol. The number of hydrogen-bond donors (Lipinski definition) is 1. The van der Waals surface area contributed by atoms with Gasteiger partial charge in [-0.05, 0) is 13.3 Å². The van der Waals surface area contributed by atoms with Crippen LogP contribution in [0.25, 0.3) is 0 Å². The Morgan fingerprint density at radius 1 is 1.55 bits per heavy atom. The van der Waals surface area contributed by atoms with Crippen LogP contribution >= 0.6 is 0 Å². The number of hydrogen-bond acceptors (Lipinski definition) is 2. The third kappa shape index (κ3) is 1.53. The van der Waals surface area contributed by atoms with Crippen LogP contribution in [0.4, 0.5) is 5.82 Å². The highest BCUT2D eigenvalue weighted by Crippen LogP contribution is 2.11. The Morgan fingerprint density at radius 2 is 2.27 bits per heavy atom. The summed E-state index contributed by atoms with van der Waals surface area (Å²) in [6, 6.07) is 0. The van der Waals surface area contributed by atoms with Crippen molar-refractivity contribution >= 4 is 5.82 Å². The third-order valence-corrected chi connectivity index (χ3v) is 1.79. The molecule has 1 aromatic heterocycles. The second-order valence-electron chi connectivity index (χ2n) is 2.61. The SMILES string of the molecule is CCCc1ncn(CC)c1N. The van der Waals surface area contributed by atoms with Crippen LogP contribution < -0.4 is 5.73 Å². The first-order valence-corrected chi connectivity index (χ1v) is 4.09. The van der Waals surface area contributed by atoms with E-state index >= 15 is 0 Å². The summed E-state index contributed by atoms with van der Waals surface area (Å²) in [5, 5.41) is 0. The molecular weight excluding hydrogens is 138 g/mol. The van der Waals surface area contributed by atoms with Crippen LogP contribution in [-0.4, -0.2) is 9.55 Å². The van der Waals surface area contributed by atoms with E-state index in [9.17, 15) is 0 Å². The van der Waals surface area contributed by atoms with E-state index in [-0.39, 0.29) is 0 Å². The van der Waals surface area contributed by atoms with Crippen LogP contribution in [0, 0.1) is 0 Å². The Labute approximate surface area is 67.2 Å². The quantitative estimate of drug-likeness (QED) is 0.714. The smallest absolute Gasteiger partial charge is 0.126 e. The fourth-order valence-corrected chi connectivity index (χ4v) is 1.11. The van der Waals surface area contributed by atoms with Gasteiger partial charge >= 0.3 is 0 Å². The van der Waals surface area contributed by atoms with Gasteiger partial charge in [0.05, 0.1) is 12.0 Å². The maximum absolute atomic E-state index is 5.80. The largest absolute Gasteiger partial charge is 0.384 e. The number of imidazole rings is 1. The van der Waals surface area contributed by atoms with Crippen molar-refractivity contribution in [2.75, 3.05) is 5.73 Å². The van der Waals surface area contributed by atoms with Gasteiger partial charge in [0.15, 0.2) is 0 Å². The van der Waals surface area contributed by atoms with Crippen molar-refractivity contribution in [1.29, 1.82) is 0 Å². The van der Waals surface area contributed by atoms with Crippen molar-refractivity contribution in [2.45, 2.75) is 33.2 Å². The summed E-state index contributed by atoms with van der Waals surface area (Å²) in [6.07, 6.45) is 3.89. The maximum Gasteiger partial charge on any atom is 0.126 e. The highest BCUT2D eigenvalue weighted by molar-refractivity contribution is 5.35. The number of aromatic nitrogens is 2. The normalized spacial score (nSPS) is 10.4. The molecule has 0 amide bonds. The molecule has 0 aromatic carbocycles. The Kier molecular flexibility index (Phi) is 2.52. The highest BCUT2D eigenvalue weighted by Gasteiger charge is 2.03. The second kappa shape index (κ2) is 3.42. The van der Waals surface area contributed by atoms with Gasteiger partial charge in [0.2, 0.25) is 0 Å². The van der Waals surface area contributed by atoms with E-state index in [1.165, 1.54) is 0 Å². The molecule has 0 fully saturated rings. The van der Waals surface area contributed by atoms with Gasteiger partial charge in [-0.15, -0.1) is 0 Å². The molecule has 0 spiro atoms. The van der Waals surface area contributed by atoms with Crippen molar-refractivity contribution < 1.29 is 0 Å². The van der Waals surface area contributed by atoms with Crippen molar-refractivity contribution in [3.05, 3.63) is 12.0 Å². The predicted octanol–water partition coefficient (Wildman–Crippen LogP) is 1.44. The first kappa shape index (κ1) is 8.11. The monoisotopic (exact) mass is 153 g/mol. The molecule has 3 heteroatoms. The van der Waals surface area contributed by atoms with E-state index in [1.807, 2.05) is 4.57 Å². The lowest BCUT2D eigenvalue weighted by atomic mass is 10.2. The molecule has 62 valence electrons. The van der Waals surface area contributed by atoms with Crippen molar-refractivity contribution in [3.8, 4) is 0 Å². The predicted molar refractivity (Wildman–Crippen MR) is 46.3 cm³/mol. The van der Waals surface area contributed by atoms with E-state index < -0.39 is 0 Å². The van der Waals surface area contributed by atoms with Crippen LogP contribution in [0.1, 0.15) is 26.0 Å². The zero-order valence-corrected chi connectivity index (χ0v) is 7.17. The summed E-state index contributed by atoms with van der Waals surface area (Å²) in [5.74, 6) is 0.828. The summed E-state index contributed by atoms with van der Waals surface area (Å²) >= 11 is 0. The molecule has 11 heavy (non-hydrogen) atoms. The van der Waals surface area contributed by atoms with Gasteiger partial charge in [-0.25, -0.2) is 4.98 Å². The van der Waals surface area contributed by atoms with E-state index in [4.69, 9.17) is 5.73 Å². The molecule has 1 aromatic rings. The molecule has 1 rings (SSSR count). The summed E-state index contributed by atoms with van der Waals surface area (Å²) in [5.41, 5.74) is 6.84. The van der Waals surface area contributed by atoms with Gasteiger partial charge in [-0.1, -0.05) is 13.3 Å². The van der Waals surface area contributed by atoms with Gasteiger partial charge in [-0.2, -0.15) is 0 Å². The van der Waals surface area contributed by atoms with Gasteiger partial charge in [0.25, 0.3) is 0 Å². The Morgan fingerprint density at radius 3 is 2.73 bits per heavy atom. The minimum absolute atomic E-state index is 0.828. The van der Waals surface area contributed by atoms with Crippen molar-refractivity contribution in [2.24, 2.45) is 0 Å². The molecule has 0 saturated heterocycles. The molecule has 0 unspecified atom stereocenters. The van der Waals surface area contributed by atoms with Crippen LogP contribution in [0.5, 0.6) is 0 Å². The number of aryl methyl sites for hydroxylation is 2. The number of nitrogens with two attached hydrogens (primary N) is 1. The standard InChI is InChI=1S/C8H15N3/c1-3-5-7-8(9)11(4-2)6-10-7/h6H,3-5,9H2,1-2H3. The van der Waals surface area contributed by atoms with Crippen molar-refractivity contribution in [1.82, 2.24) is 9.55 Å². The van der Waals surface area contributed by atoms with E-state index in [2.05, 4.69) is 18.8 Å². The number of rotatable bonds is 3. The second-order valence-corrected chi connectivity index (χ2v) is 2.61. The summed E-state index contributed by atoms with van der Waals surface area (Å²) in [6.45, 7) is 5.10. The lowest BCUT2D eigenvalue weighted by Crippen LogP contribution is -2.00. The Balaban J connectivity index is 2.82. The van der Waals surface area contributed by atoms with E-state index in [0.717, 1.165) is 30.9 Å². The minimum Gasteiger partial charge on any atom is -0.384 e. The molecule has 0 bridgehead atoms. The zero-order chi connectivity index (χ0) is 8.27. The lowest BCUT2D eigenvalue weighted by Gasteiger charge is -1.99. The molecular formula is C8H15N3. The third-order valence-electron chi connectivity index (χ3n) is 1.79. The number of nitrogen functional groups attached to an aromatic ring is 1. The van der Waals surface area contributed by atoms with Crippen LogP contribution in [0.15, 0.2) is 6.33 Å². The maximum atomic E-state index is 5.80. The molecule has 0 atom stereocenters. The molecule has 2 N–H and O–H groups in total. The zero-order valence-electron chi connectivity index (χ0n) is 7.17. The molecule has 0 aliphatic carbocycles. The van der Waals surface area contributed by atoms with E-state index in [1.54, 1.807) is 6.33 Å². The highest BCUT2D eigenvalue weighted by atomic mass is 15.1. The molecule has 0 saturated carbocycles. The average Bonchev–Trinajstić information content (AvgIpc) is 2.34. The van der Waals surface area contributed by atoms with E-state index in [0.29, 0.717) is 0 Å². The summed E-state index contributed by atoms with van der Waals surface area (Å²) < 4.78 is 1.96. The minimum atomic E-state index is 0.828. The topological polar surface area (TPSA) is 43.8 Å². The first-order valence-electron chi connectivity index (χ1n) is 4.09. The number of nitrogens with zero attached hydrogens (tertiary/aromatic N) is 2. The number of anilines is 1. The van der Waals surface area contributed by atoms with Gasteiger partial charge < -0.3 is 10.3 Å². The van der Waals surface area contributed by atoms with Gasteiger partial charge in [-0.3, -0.25) is 0 Å². The lowest BCUT2D eigenvalue weighted by molar-refractivity contribution is 0.770. The summed E-state index contributed by atoms with van der Waals surface area (Å²) in [7, 11) is 0. The van der Waals surface area contributed by atoms with Crippen molar-refractivity contribution in [3.63, 3.8) is 0 Å². The first-order chi connectivity index (χ1) is 5.29.